The quantitative estimate of drug-likeness (QED) is 0.388. The lowest BCUT2D eigenvalue weighted by Gasteiger charge is -2.15. The van der Waals surface area contributed by atoms with Gasteiger partial charge in [0.25, 0.3) is 11.2 Å². The Morgan fingerprint density at radius 3 is 2.57 bits per heavy atom. The summed E-state index contributed by atoms with van der Waals surface area (Å²) < 4.78 is 11.6. The number of carboxylic acid groups (broad SMARTS) is 1. The highest BCUT2D eigenvalue weighted by Gasteiger charge is 2.30. The molecular weight excluding hydrogens is 416 g/mol. The third-order valence-electron chi connectivity index (χ3n) is 4.00. The van der Waals surface area contributed by atoms with Crippen molar-refractivity contribution < 1.29 is 28.9 Å². The second-order valence-electron chi connectivity index (χ2n) is 7.53. The predicted molar refractivity (Wildman–Crippen MR) is 109 cm³/mol. The number of aliphatic carboxylic acids is 1. The van der Waals surface area contributed by atoms with Crippen LogP contribution >= 0.6 is 11.8 Å². The van der Waals surface area contributed by atoms with Crippen LogP contribution in [0, 0.1) is 17.0 Å². The normalized spacial score (nSPS) is 11.3. The summed E-state index contributed by atoms with van der Waals surface area (Å²) in [6.07, 6.45) is -0.206. The standard InChI is InChI=1S/C19H22N2O8S/c1-11-5-6-13(14(9-11)21(26)27)20-17(24)12(16(29-20)19(2,3)4)10-28-18(25)30-8-7-15(22)23/h5-6,9H,7-8,10H2,1-4H3,(H,22,23). The van der Waals surface area contributed by atoms with E-state index in [1.165, 1.54) is 12.1 Å². The van der Waals surface area contributed by atoms with Crippen LogP contribution in [-0.2, 0) is 21.6 Å². The Morgan fingerprint density at radius 2 is 2.00 bits per heavy atom. The van der Waals surface area contributed by atoms with E-state index in [1.54, 1.807) is 33.8 Å². The number of carbonyl (C=O) groups is 2. The molecule has 11 heteroatoms. The lowest BCUT2D eigenvalue weighted by atomic mass is 9.91. The highest BCUT2D eigenvalue weighted by molar-refractivity contribution is 8.13. The fourth-order valence-electron chi connectivity index (χ4n) is 2.63. The molecule has 0 fully saturated rings. The molecule has 0 saturated heterocycles. The van der Waals surface area contributed by atoms with Gasteiger partial charge in [0.05, 0.1) is 16.9 Å². The van der Waals surface area contributed by atoms with Gasteiger partial charge in [0.15, 0.2) is 11.4 Å². The topological polar surface area (TPSA) is 142 Å². The van der Waals surface area contributed by atoms with Gasteiger partial charge in [0.1, 0.15) is 6.61 Å². The molecule has 2 rings (SSSR count). The Hall–Kier alpha value is -3.08. The van der Waals surface area contributed by atoms with E-state index >= 15 is 0 Å². The summed E-state index contributed by atoms with van der Waals surface area (Å²) in [4.78, 5) is 46.2. The summed E-state index contributed by atoms with van der Waals surface area (Å²) in [5, 5.41) is 19.3. The predicted octanol–water partition coefficient (Wildman–Crippen LogP) is 3.79. The van der Waals surface area contributed by atoms with E-state index in [-0.39, 0.29) is 34.9 Å². The molecule has 1 aromatic carbocycles. The lowest BCUT2D eigenvalue weighted by molar-refractivity contribution is -0.384. The number of rotatable bonds is 7. The highest BCUT2D eigenvalue weighted by atomic mass is 32.2. The Bertz CT molecular complexity index is 1030. The minimum absolute atomic E-state index is 0.0329. The first-order valence-electron chi connectivity index (χ1n) is 8.94. The lowest BCUT2D eigenvalue weighted by Crippen LogP contribution is -2.20. The van der Waals surface area contributed by atoms with Gasteiger partial charge in [-0.05, 0) is 30.3 Å². The zero-order valence-electron chi connectivity index (χ0n) is 17.0. The maximum atomic E-state index is 13.0. The van der Waals surface area contributed by atoms with Crippen molar-refractivity contribution in [2.75, 3.05) is 5.75 Å². The maximum absolute atomic E-state index is 13.0. The first kappa shape index (κ1) is 23.2. The molecule has 0 amide bonds. The molecular formula is C19H22N2O8S. The van der Waals surface area contributed by atoms with Gasteiger partial charge in [-0.2, -0.15) is 0 Å². The highest BCUT2D eigenvalue weighted by Crippen LogP contribution is 2.29. The number of nitro benzene ring substituents is 1. The molecule has 2 aromatic rings. The molecule has 0 unspecified atom stereocenters. The minimum Gasteiger partial charge on any atom is -0.481 e. The van der Waals surface area contributed by atoms with Crippen molar-refractivity contribution in [2.24, 2.45) is 0 Å². The minimum atomic E-state index is -1.04. The van der Waals surface area contributed by atoms with E-state index < -0.39 is 33.8 Å². The molecule has 1 N–H and O–H groups in total. The van der Waals surface area contributed by atoms with Crippen LogP contribution < -0.4 is 5.56 Å². The van der Waals surface area contributed by atoms with Gasteiger partial charge in [-0.3, -0.25) is 19.7 Å². The smallest absolute Gasteiger partial charge is 0.367 e. The van der Waals surface area contributed by atoms with Crippen molar-refractivity contribution in [3.63, 3.8) is 0 Å². The van der Waals surface area contributed by atoms with Crippen LogP contribution in [0.3, 0.4) is 0 Å². The van der Waals surface area contributed by atoms with E-state index in [0.29, 0.717) is 17.3 Å². The number of carboxylic acids is 1. The second-order valence-corrected chi connectivity index (χ2v) is 8.56. The van der Waals surface area contributed by atoms with Gasteiger partial charge in [-0.25, -0.2) is 4.79 Å². The van der Waals surface area contributed by atoms with Crippen molar-refractivity contribution in [3.8, 4) is 5.69 Å². The van der Waals surface area contributed by atoms with Crippen molar-refractivity contribution in [1.82, 2.24) is 4.74 Å². The Balaban J connectivity index is 2.40. The monoisotopic (exact) mass is 438 g/mol. The van der Waals surface area contributed by atoms with Gasteiger partial charge >= 0.3 is 11.3 Å². The zero-order chi connectivity index (χ0) is 22.6. The summed E-state index contributed by atoms with van der Waals surface area (Å²) >= 11 is 0.684. The molecule has 0 saturated carbocycles. The van der Waals surface area contributed by atoms with Crippen molar-refractivity contribution in [3.05, 3.63) is 55.6 Å². The SMILES string of the molecule is Cc1ccc(-n2oc(C(C)(C)C)c(COC(=O)SCCC(=O)O)c2=O)c([N+](=O)[O-])c1. The van der Waals surface area contributed by atoms with E-state index in [4.69, 9.17) is 14.4 Å². The average Bonchev–Trinajstić information content (AvgIpc) is 2.96. The van der Waals surface area contributed by atoms with Crippen LogP contribution in [-0.4, -0.2) is 31.8 Å². The number of benzene rings is 1. The summed E-state index contributed by atoms with van der Waals surface area (Å²) in [7, 11) is 0. The van der Waals surface area contributed by atoms with E-state index in [0.717, 1.165) is 4.74 Å². The molecule has 0 aliphatic heterocycles. The van der Waals surface area contributed by atoms with Gasteiger partial charge in [-0.15, -0.1) is 4.74 Å². The van der Waals surface area contributed by atoms with Crippen molar-refractivity contribution in [1.29, 1.82) is 0 Å². The van der Waals surface area contributed by atoms with E-state index in [2.05, 4.69) is 0 Å². The second kappa shape index (κ2) is 9.16. The number of hydrogen-bond donors (Lipinski definition) is 1. The Labute approximate surface area is 175 Å². The number of hydrogen-bond acceptors (Lipinski definition) is 8. The molecule has 1 heterocycles. The number of carbonyl (C=O) groups excluding carboxylic acids is 1. The van der Waals surface area contributed by atoms with Gasteiger partial charge in [0, 0.05) is 17.2 Å². The molecule has 1 aromatic heterocycles. The Morgan fingerprint density at radius 1 is 1.33 bits per heavy atom. The van der Waals surface area contributed by atoms with Crippen molar-refractivity contribution >= 4 is 28.7 Å². The number of nitro groups is 1. The molecule has 0 bridgehead atoms. The summed E-state index contributed by atoms with van der Waals surface area (Å²) in [6.45, 7) is 6.64. The molecule has 0 aliphatic carbocycles. The maximum Gasteiger partial charge on any atom is 0.367 e. The first-order chi connectivity index (χ1) is 13.9. The molecule has 162 valence electrons. The third-order valence-corrected chi connectivity index (χ3v) is 4.76. The molecule has 30 heavy (non-hydrogen) atoms. The number of aryl methyl sites for hydroxylation is 1. The van der Waals surface area contributed by atoms with Crippen molar-refractivity contribution in [2.45, 2.75) is 46.1 Å². The first-order valence-corrected chi connectivity index (χ1v) is 9.92. The van der Waals surface area contributed by atoms with E-state index in [9.17, 15) is 24.5 Å². The summed E-state index contributed by atoms with van der Waals surface area (Å²) in [5.41, 5.74) is -0.941. The van der Waals surface area contributed by atoms with E-state index in [1.807, 2.05) is 0 Å². The van der Waals surface area contributed by atoms with Crippen LogP contribution in [0.4, 0.5) is 10.5 Å². The largest absolute Gasteiger partial charge is 0.481 e. The summed E-state index contributed by atoms with van der Waals surface area (Å²) in [6, 6.07) is 4.37. The molecule has 0 atom stereocenters. The van der Waals surface area contributed by atoms with Crippen LogP contribution in [0.25, 0.3) is 5.69 Å². The van der Waals surface area contributed by atoms with Gasteiger partial charge in [0.2, 0.25) is 0 Å². The van der Waals surface area contributed by atoms with Crippen LogP contribution in [0.1, 0.15) is 44.1 Å². The van der Waals surface area contributed by atoms with Crippen LogP contribution in [0.2, 0.25) is 0 Å². The molecule has 0 radical (unpaired) electrons. The Kier molecular flexibility index (Phi) is 7.08. The summed E-state index contributed by atoms with van der Waals surface area (Å²) in [5.74, 6) is -0.778. The fraction of sp³-hybridized carbons (Fsp3) is 0.421. The average molecular weight is 438 g/mol. The fourth-order valence-corrected chi connectivity index (χ4v) is 3.21. The van der Waals surface area contributed by atoms with Gasteiger partial charge in [-0.1, -0.05) is 26.8 Å². The molecule has 10 nitrogen and oxygen atoms in total. The number of thioether (sulfide) groups is 1. The molecule has 0 spiro atoms. The van der Waals surface area contributed by atoms with Gasteiger partial charge < -0.3 is 14.4 Å². The molecule has 0 aliphatic rings. The zero-order valence-corrected chi connectivity index (χ0v) is 17.8. The number of aromatic nitrogens is 1. The number of nitrogens with zero attached hydrogens (tertiary/aromatic N) is 2. The third kappa shape index (κ3) is 5.50. The van der Waals surface area contributed by atoms with Crippen LogP contribution in [0.15, 0.2) is 27.5 Å². The van der Waals surface area contributed by atoms with Crippen LogP contribution in [0.5, 0.6) is 0 Å². The number of ether oxygens (including phenoxy) is 1.